The number of aliphatic carboxylic acids is 1. The van der Waals surface area contributed by atoms with Gasteiger partial charge in [-0.1, -0.05) is 12.1 Å². The van der Waals surface area contributed by atoms with Crippen molar-refractivity contribution < 1.29 is 14.7 Å². The molecular weight excluding hydrogens is 230 g/mol. The van der Waals surface area contributed by atoms with Gasteiger partial charge in [0.25, 0.3) is 0 Å². The van der Waals surface area contributed by atoms with E-state index in [1.165, 1.54) is 18.7 Å². The lowest BCUT2D eigenvalue weighted by Gasteiger charge is -2.27. The van der Waals surface area contributed by atoms with Crippen molar-refractivity contribution in [1.82, 2.24) is 0 Å². The minimum Gasteiger partial charge on any atom is -0.480 e. The van der Waals surface area contributed by atoms with E-state index in [2.05, 4.69) is 0 Å². The smallest absolute Gasteiger partial charge is 0.318 e. The highest BCUT2D eigenvalue weighted by molar-refractivity contribution is 6.08. The average molecular weight is 249 g/mol. The number of hydrogen-bond donors (Lipinski definition) is 1. The van der Waals surface area contributed by atoms with Gasteiger partial charge in [0.2, 0.25) is 5.91 Å². The third kappa shape index (κ3) is 2.53. The number of benzene rings is 1. The fourth-order valence-corrected chi connectivity index (χ4v) is 1.70. The molecule has 0 unspecified atom stereocenters. The molecule has 0 fully saturated rings. The molecule has 1 aromatic rings. The largest absolute Gasteiger partial charge is 0.480 e. The lowest BCUT2D eigenvalue weighted by atomic mass is 9.91. The van der Waals surface area contributed by atoms with E-state index in [-0.39, 0.29) is 0 Å². The van der Waals surface area contributed by atoms with Crippen LogP contribution in [-0.2, 0) is 9.59 Å². The summed E-state index contributed by atoms with van der Waals surface area (Å²) in [6.07, 6.45) is 0. The summed E-state index contributed by atoms with van der Waals surface area (Å²) in [4.78, 5) is 24.7. The number of carboxylic acid groups (broad SMARTS) is 1. The Balaban J connectivity index is 3.15. The molecule has 0 aliphatic heterocycles. The van der Waals surface area contributed by atoms with Crippen molar-refractivity contribution in [2.75, 3.05) is 11.9 Å². The Morgan fingerprint density at radius 1 is 1.22 bits per heavy atom. The molecule has 0 bridgehead atoms. The number of carbonyl (C=O) groups is 2. The van der Waals surface area contributed by atoms with Crippen LogP contribution in [0, 0.1) is 19.3 Å². The van der Waals surface area contributed by atoms with Gasteiger partial charge in [0.05, 0.1) is 0 Å². The molecule has 4 nitrogen and oxygen atoms in total. The van der Waals surface area contributed by atoms with Crippen LogP contribution in [0.3, 0.4) is 0 Å². The van der Waals surface area contributed by atoms with Gasteiger partial charge >= 0.3 is 5.97 Å². The lowest BCUT2D eigenvalue weighted by molar-refractivity contribution is -0.152. The van der Waals surface area contributed by atoms with Crippen LogP contribution in [-0.4, -0.2) is 24.0 Å². The lowest BCUT2D eigenvalue weighted by Crippen LogP contribution is -2.43. The Morgan fingerprint density at radius 3 is 2.28 bits per heavy atom. The standard InChI is InChI=1S/C14H19NO3/c1-9-6-7-10(2)11(8-9)15(5)12(16)14(3,4)13(17)18/h6-8H,1-5H3,(H,17,18). The molecular formula is C14H19NO3. The molecule has 0 saturated carbocycles. The molecule has 18 heavy (non-hydrogen) atoms. The molecule has 0 aromatic heterocycles. The summed E-state index contributed by atoms with van der Waals surface area (Å²) in [7, 11) is 1.61. The summed E-state index contributed by atoms with van der Waals surface area (Å²) < 4.78 is 0. The molecule has 0 atom stereocenters. The van der Waals surface area contributed by atoms with Crippen molar-refractivity contribution in [1.29, 1.82) is 0 Å². The van der Waals surface area contributed by atoms with Crippen molar-refractivity contribution in [2.24, 2.45) is 5.41 Å². The van der Waals surface area contributed by atoms with Crippen molar-refractivity contribution in [3.8, 4) is 0 Å². The van der Waals surface area contributed by atoms with Crippen LogP contribution < -0.4 is 4.90 Å². The maximum atomic E-state index is 12.2. The summed E-state index contributed by atoms with van der Waals surface area (Å²) >= 11 is 0. The van der Waals surface area contributed by atoms with E-state index in [1.54, 1.807) is 7.05 Å². The molecule has 1 N–H and O–H groups in total. The summed E-state index contributed by atoms with van der Waals surface area (Å²) in [6.45, 7) is 6.66. The molecule has 1 aromatic carbocycles. The monoisotopic (exact) mass is 249 g/mol. The molecule has 0 aliphatic rings. The van der Waals surface area contributed by atoms with Gasteiger partial charge in [-0.3, -0.25) is 9.59 Å². The number of rotatable bonds is 3. The molecule has 0 radical (unpaired) electrons. The fraction of sp³-hybridized carbons (Fsp3) is 0.429. The topological polar surface area (TPSA) is 57.6 Å². The maximum Gasteiger partial charge on any atom is 0.318 e. The van der Waals surface area contributed by atoms with Gasteiger partial charge in [-0.05, 0) is 44.9 Å². The number of anilines is 1. The number of carboxylic acids is 1. The van der Waals surface area contributed by atoms with Gasteiger partial charge in [0, 0.05) is 12.7 Å². The summed E-state index contributed by atoms with van der Waals surface area (Å²) in [6, 6.07) is 5.76. The predicted octanol–water partition coefficient (Wildman–Crippen LogP) is 2.38. The molecule has 0 spiro atoms. The van der Waals surface area contributed by atoms with Crippen LogP contribution in [0.15, 0.2) is 18.2 Å². The highest BCUT2D eigenvalue weighted by Gasteiger charge is 2.38. The van der Waals surface area contributed by atoms with Gasteiger partial charge in [0.15, 0.2) is 0 Å². The maximum absolute atomic E-state index is 12.2. The van der Waals surface area contributed by atoms with Crippen molar-refractivity contribution in [3.05, 3.63) is 29.3 Å². The fourth-order valence-electron chi connectivity index (χ4n) is 1.70. The van der Waals surface area contributed by atoms with Gasteiger partial charge in [-0.2, -0.15) is 0 Å². The van der Waals surface area contributed by atoms with E-state index in [0.717, 1.165) is 16.8 Å². The molecule has 0 heterocycles. The number of carbonyl (C=O) groups excluding carboxylic acids is 1. The Morgan fingerprint density at radius 2 is 1.78 bits per heavy atom. The SMILES string of the molecule is Cc1ccc(C)c(N(C)C(=O)C(C)(C)C(=O)O)c1. The van der Waals surface area contributed by atoms with E-state index in [0.29, 0.717) is 0 Å². The van der Waals surface area contributed by atoms with Gasteiger partial charge < -0.3 is 10.0 Å². The highest BCUT2D eigenvalue weighted by atomic mass is 16.4. The minimum absolute atomic E-state index is 0.427. The first-order valence-corrected chi connectivity index (χ1v) is 5.76. The van der Waals surface area contributed by atoms with Crippen molar-refractivity contribution in [3.63, 3.8) is 0 Å². The van der Waals surface area contributed by atoms with E-state index >= 15 is 0 Å². The van der Waals surface area contributed by atoms with Crippen molar-refractivity contribution >= 4 is 17.6 Å². The number of nitrogens with zero attached hydrogens (tertiary/aromatic N) is 1. The zero-order valence-corrected chi connectivity index (χ0v) is 11.4. The van der Waals surface area contributed by atoms with E-state index in [1.807, 2.05) is 32.0 Å². The zero-order chi connectivity index (χ0) is 14.1. The van der Waals surface area contributed by atoms with E-state index in [4.69, 9.17) is 5.11 Å². The van der Waals surface area contributed by atoms with Gasteiger partial charge in [-0.25, -0.2) is 0 Å². The van der Waals surface area contributed by atoms with Crippen molar-refractivity contribution in [2.45, 2.75) is 27.7 Å². The number of aryl methyl sites for hydroxylation is 2. The predicted molar refractivity (Wildman–Crippen MR) is 70.7 cm³/mol. The number of amides is 1. The average Bonchev–Trinajstić information content (AvgIpc) is 2.30. The second-order valence-electron chi connectivity index (χ2n) is 5.08. The summed E-state index contributed by atoms with van der Waals surface area (Å²) in [5.41, 5.74) is 1.29. The van der Waals surface area contributed by atoms with E-state index in [9.17, 15) is 9.59 Å². The Hall–Kier alpha value is -1.84. The highest BCUT2D eigenvalue weighted by Crippen LogP contribution is 2.26. The van der Waals surface area contributed by atoms with E-state index < -0.39 is 17.3 Å². The summed E-state index contributed by atoms with van der Waals surface area (Å²) in [5.74, 6) is -1.55. The Bertz CT molecular complexity index is 492. The third-order valence-corrected chi connectivity index (χ3v) is 3.10. The first kappa shape index (κ1) is 14.2. The second kappa shape index (κ2) is 4.80. The Labute approximate surface area is 107 Å². The second-order valence-corrected chi connectivity index (χ2v) is 5.08. The molecule has 98 valence electrons. The first-order chi connectivity index (χ1) is 8.17. The zero-order valence-electron chi connectivity index (χ0n) is 11.4. The van der Waals surface area contributed by atoms with Crippen LogP contribution in [0.4, 0.5) is 5.69 Å². The first-order valence-electron chi connectivity index (χ1n) is 5.76. The normalized spacial score (nSPS) is 11.2. The van der Waals surface area contributed by atoms with Gasteiger partial charge in [-0.15, -0.1) is 0 Å². The molecule has 4 heteroatoms. The Kier molecular flexibility index (Phi) is 3.79. The molecule has 0 saturated heterocycles. The molecule has 1 rings (SSSR count). The van der Waals surface area contributed by atoms with Crippen LogP contribution in [0.5, 0.6) is 0 Å². The summed E-state index contributed by atoms with van der Waals surface area (Å²) in [5, 5.41) is 9.08. The van der Waals surface area contributed by atoms with Crippen LogP contribution >= 0.6 is 0 Å². The van der Waals surface area contributed by atoms with Crippen LogP contribution in [0.2, 0.25) is 0 Å². The minimum atomic E-state index is -1.43. The van der Waals surface area contributed by atoms with Crippen LogP contribution in [0.1, 0.15) is 25.0 Å². The van der Waals surface area contributed by atoms with Gasteiger partial charge in [0.1, 0.15) is 5.41 Å². The third-order valence-electron chi connectivity index (χ3n) is 3.10. The molecule has 1 amide bonds. The quantitative estimate of drug-likeness (QED) is 0.837. The number of hydrogen-bond acceptors (Lipinski definition) is 2. The van der Waals surface area contributed by atoms with Crippen LogP contribution in [0.25, 0.3) is 0 Å². The molecule has 0 aliphatic carbocycles.